The molecule has 0 atom stereocenters. The molecule has 21 heavy (non-hydrogen) atoms. The predicted octanol–water partition coefficient (Wildman–Crippen LogP) is 2.05. The normalized spacial score (nSPS) is 12.9. The predicted molar refractivity (Wildman–Crippen MR) is 76.6 cm³/mol. The Morgan fingerprint density at radius 2 is 2.33 bits per heavy atom. The van der Waals surface area contributed by atoms with Crippen molar-refractivity contribution in [2.24, 2.45) is 0 Å². The second-order valence-electron chi connectivity index (χ2n) is 4.72. The molecule has 2 heterocycles. The van der Waals surface area contributed by atoms with E-state index in [9.17, 15) is 14.9 Å². The minimum atomic E-state index is -0.463. The lowest BCUT2D eigenvalue weighted by Crippen LogP contribution is -2.03. The first kappa shape index (κ1) is 13.1. The number of rotatable bonds is 4. The largest absolute Gasteiger partial charge is 0.347 e. The van der Waals surface area contributed by atoms with E-state index in [4.69, 9.17) is 0 Å². The zero-order chi connectivity index (χ0) is 15.0. The van der Waals surface area contributed by atoms with Crippen LogP contribution < -0.4 is 10.6 Å². The number of carbonyl (C=O) groups excluding carboxylic acids is 1. The fourth-order valence-corrected chi connectivity index (χ4v) is 2.27. The molecule has 0 bridgehead atoms. The van der Waals surface area contributed by atoms with E-state index in [-0.39, 0.29) is 18.0 Å². The summed E-state index contributed by atoms with van der Waals surface area (Å²) >= 11 is 0. The highest BCUT2D eigenvalue weighted by Gasteiger charge is 2.24. The van der Waals surface area contributed by atoms with Gasteiger partial charge >= 0.3 is 0 Å². The van der Waals surface area contributed by atoms with Crippen molar-refractivity contribution < 1.29 is 9.72 Å². The summed E-state index contributed by atoms with van der Waals surface area (Å²) in [5, 5.41) is 21.0. The Hall–Kier alpha value is -2.90. The van der Waals surface area contributed by atoms with Crippen LogP contribution in [0, 0.1) is 10.1 Å². The molecule has 1 amide bonds. The maximum atomic E-state index is 11.4. The average molecular weight is 287 g/mol. The molecule has 1 aromatic carbocycles. The summed E-state index contributed by atoms with van der Waals surface area (Å²) in [6.07, 6.45) is 3.53. The van der Waals surface area contributed by atoms with Crippen LogP contribution in [0.1, 0.15) is 12.5 Å². The lowest BCUT2D eigenvalue weighted by atomic mass is 10.1. The molecule has 1 aromatic heterocycles. The van der Waals surface area contributed by atoms with Gasteiger partial charge in [0, 0.05) is 24.5 Å². The number of nitrogens with zero attached hydrogens (tertiary/aromatic N) is 3. The Morgan fingerprint density at radius 1 is 1.52 bits per heavy atom. The number of hydrogen-bond acceptors (Lipinski definition) is 5. The number of hydrogen-bond donors (Lipinski definition) is 2. The zero-order valence-electron chi connectivity index (χ0n) is 11.3. The molecule has 0 unspecified atom stereocenters. The summed E-state index contributed by atoms with van der Waals surface area (Å²) in [5.74, 6) is -0.157. The van der Waals surface area contributed by atoms with Gasteiger partial charge in [0.25, 0.3) is 5.69 Å². The lowest BCUT2D eigenvalue weighted by Gasteiger charge is -2.07. The third-order valence-corrected chi connectivity index (χ3v) is 3.28. The van der Waals surface area contributed by atoms with Gasteiger partial charge in [0.15, 0.2) is 0 Å². The van der Waals surface area contributed by atoms with Gasteiger partial charge in [-0.25, -0.2) is 0 Å². The number of nitro groups is 1. The van der Waals surface area contributed by atoms with Crippen molar-refractivity contribution in [3.63, 3.8) is 0 Å². The fourth-order valence-electron chi connectivity index (χ4n) is 2.27. The Balaban J connectivity index is 1.98. The molecular formula is C13H13N5O3. The number of fused-ring (bicyclic) bond motifs is 1. The van der Waals surface area contributed by atoms with Crippen LogP contribution in [0.5, 0.6) is 0 Å². The molecule has 0 saturated heterocycles. The molecule has 108 valence electrons. The van der Waals surface area contributed by atoms with Gasteiger partial charge in [-0.15, -0.1) is 0 Å². The maximum Gasteiger partial charge on any atom is 0.293 e. The second kappa shape index (κ2) is 4.89. The third kappa shape index (κ3) is 2.42. The monoisotopic (exact) mass is 287 g/mol. The summed E-state index contributed by atoms with van der Waals surface area (Å²) in [6.45, 7) is 2.66. The average Bonchev–Trinajstić information content (AvgIpc) is 3.02. The first-order chi connectivity index (χ1) is 10.1. The number of aryl methyl sites for hydroxylation is 1. The van der Waals surface area contributed by atoms with Gasteiger partial charge in [0.05, 0.1) is 23.2 Å². The molecule has 1 aliphatic heterocycles. The zero-order valence-corrected chi connectivity index (χ0v) is 11.3. The highest BCUT2D eigenvalue weighted by atomic mass is 16.6. The molecule has 2 N–H and O–H groups in total. The van der Waals surface area contributed by atoms with Crippen LogP contribution in [0.4, 0.5) is 22.7 Å². The number of anilines is 3. The Kier molecular flexibility index (Phi) is 3.05. The first-order valence-electron chi connectivity index (χ1n) is 6.47. The lowest BCUT2D eigenvalue weighted by molar-refractivity contribution is -0.383. The van der Waals surface area contributed by atoms with Gasteiger partial charge in [0.2, 0.25) is 5.91 Å². The first-order valence-corrected chi connectivity index (χ1v) is 6.47. The van der Waals surface area contributed by atoms with Gasteiger partial charge in [-0.2, -0.15) is 5.10 Å². The highest BCUT2D eigenvalue weighted by Crippen LogP contribution is 2.35. The van der Waals surface area contributed by atoms with Crippen molar-refractivity contribution >= 4 is 28.7 Å². The Labute approximate surface area is 119 Å². The van der Waals surface area contributed by atoms with Crippen molar-refractivity contribution in [3.05, 3.63) is 40.2 Å². The van der Waals surface area contributed by atoms with Crippen LogP contribution in [0.3, 0.4) is 0 Å². The molecule has 0 spiro atoms. The summed E-state index contributed by atoms with van der Waals surface area (Å²) in [7, 11) is 0. The van der Waals surface area contributed by atoms with Crippen LogP contribution in [0.2, 0.25) is 0 Å². The molecule has 0 aliphatic carbocycles. The van der Waals surface area contributed by atoms with Gasteiger partial charge in [0.1, 0.15) is 5.69 Å². The topological polar surface area (TPSA) is 102 Å². The molecule has 0 fully saturated rings. The van der Waals surface area contributed by atoms with Crippen molar-refractivity contribution in [3.8, 4) is 0 Å². The van der Waals surface area contributed by atoms with Crippen molar-refractivity contribution in [2.75, 3.05) is 10.6 Å². The summed E-state index contributed by atoms with van der Waals surface area (Å²) in [4.78, 5) is 22.1. The molecule has 0 radical (unpaired) electrons. The van der Waals surface area contributed by atoms with E-state index in [2.05, 4.69) is 15.7 Å². The van der Waals surface area contributed by atoms with Crippen LogP contribution in [-0.4, -0.2) is 20.6 Å². The minimum Gasteiger partial charge on any atom is -0.347 e. The van der Waals surface area contributed by atoms with Crippen LogP contribution >= 0.6 is 0 Å². The van der Waals surface area contributed by atoms with E-state index in [1.165, 1.54) is 6.07 Å². The Morgan fingerprint density at radius 3 is 3.00 bits per heavy atom. The van der Waals surface area contributed by atoms with E-state index in [0.29, 0.717) is 29.2 Å². The SMILES string of the molecule is CCn1cc(Nc2cc3c(cc2[N+](=O)[O-])CC(=O)N3)cn1. The van der Waals surface area contributed by atoms with Crippen LogP contribution in [0.15, 0.2) is 24.5 Å². The van der Waals surface area contributed by atoms with Crippen molar-refractivity contribution in [2.45, 2.75) is 19.9 Å². The maximum absolute atomic E-state index is 11.4. The van der Waals surface area contributed by atoms with E-state index >= 15 is 0 Å². The molecule has 0 saturated carbocycles. The van der Waals surface area contributed by atoms with Gasteiger partial charge < -0.3 is 10.6 Å². The molecule has 1 aliphatic rings. The molecule has 3 rings (SSSR count). The standard InChI is InChI=1S/C13H13N5O3/c1-2-17-7-9(6-14-17)15-11-5-10-8(4-13(19)16-10)3-12(11)18(20)21/h3,5-7,15H,2,4H2,1H3,(H,16,19). The number of aromatic nitrogens is 2. The molecular weight excluding hydrogens is 274 g/mol. The number of amides is 1. The van der Waals surface area contributed by atoms with E-state index in [1.54, 1.807) is 23.1 Å². The minimum absolute atomic E-state index is 0.0606. The van der Waals surface area contributed by atoms with E-state index < -0.39 is 4.92 Å². The second-order valence-corrected chi connectivity index (χ2v) is 4.72. The smallest absolute Gasteiger partial charge is 0.293 e. The molecule has 2 aromatic rings. The summed E-state index contributed by atoms with van der Waals surface area (Å²) < 4.78 is 1.71. The van der Waals surface area contributed by atoms with E-state index in [0.717, 1.165) is 0 Å². The number of benzene rings is 1. The van der Waals surface area contributed by atoms with Crippen molar-refractivity contribution in [1.82, 2.24) is 9.78 Å². The number of nitrogens with one attached hydrogen (secondary N) is 2. The van der Waals surface area contributed by atoms with Gasteiger partial charge in [-0.1, -0.05) is 0 Å². The van der Waals surface area contributed by atoms with Crippen LogP contribution in [-0.2, 0) is 17.8 Å². The quantitative estimate of drug-likeness (QED) is 0.661. The number of nitro benzene ring substituents is 1. The Bertz CT molecular complexity index is 737. The van der Waals surface area contributed by atoms with E-state index in [1.807, 2.05) is 6.92 Å². The molecule has 8 heteroatoms. The van der Waals surface area contributed by atoms with Crippen LogP contribution in [0.25, 0.3) is 0 Å². The summed E-state index contributed by atoms with van der Waals surface area (Å²) in [5.41, 5.74) is 2.17. The van der Waals surface area contributed by atoms with Crippen molar-refractivity contribution in [1.29, 1.82) is 0 Å². The molecule has 8 nitrogen and oxygen atoms in total. The highest BCUT2D eigenvalue weighted by molar-refractivity contribution is 6.00. The van der Waals surface area contributed by atoms with Gasteiger partial charge in [-0.3, -0.25) is 19.6 Å². The summed E-state index contributed by atoms with van der Waals surface area (Å²) in [6, 6.07) is 3.02. The fraction of sp³-hybridized carbons (Fsp3) is 0.231. The van der Waals surface area contributed by atoms with Gasteiger partial charge in [-0.05, 0) is 18.6 Å². The number of carbonyl (C=O) groups is 1. The third-order valence-electron chi connectivity index (χ3n) is 3.28.